The molecule has 0 aliphatic carbocycles. The molecule has 1 N–H and O–H groups in total. The van der Waals surface area contributed by atoms with Crippen LogP contribution in [0.15, 0.2) is 22.7 Å². The third-order valence-electron chi connectivity index (χ3n) is 2.70. The first-order valence-corrected chi connectivity index (χ1v) is 8.65. The summed E-state index contributed by atoms with van der Waals surface area (Å²) in [7, 11) is 0. The number of non-ortho nitro benzene ring substituents is 1. The fourth-order valence-corrected chi connectivity index (χ4v) is 2.71. The van der Waals surface area contributed by atoms with Crippen molar-refractivity contribution < 1.29 is 9.72 Å². The Hall–Kier alpha value is -0.700. The SMILES string of the molecule is O=C(NCCCCCCI)c1cc(Br)cc([N+](=O)[O-])c1. The Morgan fingerprint density at radius 3 is 2.60 bits per heavy atom. The summed E-state index contributed by atoms with van der Waals surface area (Å²) in [6, 6.07) is 4.25. The van der Waals surface area contributed by atoms with E-state index in [-0.39, 0.29) is 11.6 Å². The van der Waals surface area contributed by atoms with Crippen LogP contribution < -0.4 is 5.32 Å². The summed E-state index contributed by atoms with van der Waals surface area (Å²) in [5.41, 5.74) is 0.213. The molecule has 1 rings (SSSR count). The number of hydrogen-bond donors (Lipinski definition) is 1. The van der Waals surface area contributed by atoms with Crippen LogP contribution in [0.4, 0.5) is 5.69 Å². The average Bonchev–Trinajstić information content (AvgIpc) is 2.41. The lowest BCUT2D eigenvalue weighted by Crippen LogP contribution is -2.24. The summed E-state index contributed by atoms with van der Waals surface area (Å²) in [5, 5.41) is 13.5. The van der Waals surface area contributed by atoms with Crippen LogP contribution in [0.5, 0.6) is 0 Å². The number of unbranched alkanes of at least 4 members (excludes halogenated alkanes) is 3. The van der Waals surface area contributed by atoms with E-state index in [1.807, 2.05) is 0 Å². The number of carbonyl (C=O) groups is 1. The Morgan fingerprint density at radius 1 is 1.25 bits per heavy atom. The Balaban J connectivity index is 2.49. The van der Waals surface area contributed by atoms with Crippen molar-refractivity contribution in [2.75, 3.05) is 11.0 Å². The molecule has 0 aliphatic heterocycles. The van der Waals surface area contributed by atoms with Crippen molar-refractivity contribution in [2.24, 2.45) is 0 Å². The number of rotatable bonds is 8. The van der Waals surface area contributed by atoms with Crippen LogP contribution in [0.25, 0.3) is 0 Å². The predicted octanol–water partition coefficient (Wildman–Crippen LogP) is 4.08. The maximum absolute atomic E-state index is 11.9. The van der Waals surface area contributed by atoms with Gasteiger partial charge in [0.2, 0.25) is 0 Å². The molecule has 0 atom stereocenters. The highest BCUT2D eigenvalue weighted by Crippen LogP contribution is 2.21. The number of nitro benzene ring substituents is 1. The molecule has 20 heavy (non-hydrogen) atoms. The van der Waals surface area contributed by atoms with E-state index in [4.69, 9.17) is 0 Å². The number of hydrogen-bond acceptors (Lipinski definition) is 3. The van der Waals surface area contributed by atoms with Gasteiger partial charge in [0.1, 0.15) is 0 Å². The second-order valence-corrected chi connectivity index (χ2v) is 6.31. The largest absolute Gasteiger partial charge is 0.352 e. The minimum atomic E-state index is -0.508. The highest BCUT2D eigenvalue weighted by Gasteiger charge is 2.13. The Bertz CT molecular complexity index is 483. The Kier molecular flexibility index (Phi) is 8.05. The first-order valence-electron chi connectivity index (χ1n) is 6.33. The zero-order valence-corrected chi connectivity index (χ0v) is 14.6. The first-order chi connectivity index (χ1) is 9.54. The van der Waals surface area contributed by atoms with E-state index < -0.39 is 4.92 Å². The number of alkyl halides is 1. The quantitative estimate of drug-likeness (QED) is 0.211. The van der Waals surface area contributed by atoms with Crippen molar-refractivity contribution in [3.05, 3.63) is 38.3 Å². The highest BCUT2D eigenvalue weighted by molar-refractivity contribution is 14.1. The topological polar surface area (TPSA) is 72.2 Å². The monoisotopic (exact) mass is 454 g/mol. The molecule has 0 bridgehead atoms. The summed E-state index contributed by atoms with van der Waals surface area (Å²) in [6.07, 6.45) is 4.38. The number of nitrogens with one attached hydrogen (secondary N) is 1. The summed E-state index contributed by atoms with van der Waals surface area (Å²) < 4.78 is 1.69. The number of halogens is 2. The van der Waals surface area contributed by atoms with Gasteiger partial charge in [0, 0.05) is 28.7 Å². The molecule has 110 valence electrons. The molecule has 5 nitrogen and oxygen atoms in total. The van der Waals surface area contributed by atoms with Crippen molar-refractivity contribution in [1.29, 1.82) is 0 Å². The van der Waals surface area contributed by atoms with Gasteiger partial charge in [-0.3, -0.25) is 14.9 Å². The van der Waals surface area contributed by atoms with Crippen LogP contribution >= 0.6 is 38.5 Å². The van der Waals surface area contributed by atoms with Crippen molar-refractivity contribution in [1.82, 2.24) is 5.32 Å². The van der Waals surface area contributed by atoms with E-state index in [1.54, 1.807) is 6.07 Å². The van der Waals surface area contributed by atoms with Gasteiger partial charge in [0.25, 0.3) is 11.6 Å². The Labute approximate surface area is 139 Å². The van der Waals surface area contributed by atoms with E-state index in [9.17, 15) is 14.9 Å². The van der Waals surface area contributed by atoms with Crippen LogP contribution in [0, 0.1) is 10.1 Å². The number of carbonyl (C=O) groups excluding carboxylic acids is 1. The molecule has 0 aromatic heterocycles. The highest BCUT2D eigenvalue weighted by atomic mass is 127. The molecule has 0 unspecified atom stereocenters. The molecule has 1 aromatic rings. The molecule has 1 amide bonds. The maximum Gasteiger partial charge on any atom is 0.271 e. The molecular formula is C13H16BrIN2O3. The van der Waals surface area contributed by atoms with E-state index >= 15 is 0 Å². The van der Waals surface area contributed by atoms with Crippen molar-refractivity contribution in [2.45, 2.75) is 25.7 Å². The smallest absolute Gasteiger partial charge is 0.271 e. The molecule has 0 saturated heterocycles. The van der Waals surface area contributed by atoms with Crippen molar-refractivity contribution in [3.63, 3.8) is 0 Å². The van der Waals surface area contributed by atoms with Gasteiger partial charge in [-0.15, -0.1) is 0 Å². The maximum atomic E-state index is 11.9. The van der Waals surface area contributed by atoms with Crippen LogP contribution in [-0.4, -0.2) is 21.8 Å². The second kappa shape index (κ2) is 9.28. The van der Waals surface area contributed by atoms with Gasteiger partial charge >= 0.3 is 0 Å². The van der Waals surface area contributed by atoms with E-state index in [0.717, 1.165) is 17.3 Å². The molecule has 0 heterocycles. The number of nitrogens with zero attached hydrogens (tertiary/aromatic N) is 1. The third-order valence-corrected chi connectivity index (χ3v) is 3.92. The van der Waals surface area contributed by atoms with Gasteiger partial charge < -0.3 is 5.32 Å². The van der Waals surface area contributed by atoms with Gasteiger partial charge in [0.15, 0.2) is 0 Å². The van der Waals surface area contributed by atoms with Gasteiger partial charge in [-0.2, -0.15) is 0 Å². The second-order valence-electron chi connectivity index (χ2n) is 4.31. The summed E-state index contributed by atoms with van der Waals surface area (Å²) in [4.78, 5) is 22.1. The average molecular weight is 455 g/mol. The Morgan fingerprint density at radius 2 is 1.95 bits per heavy atom. The molecule has 0 fully saturated rings. The lowest BCUT2D eigenvalue weighted by molar-refractivity contribution is -0.385. The van der Waals surface area contributed by atoms with Gasteiger partial charge in [0.05, 0.1) is 4.92 Å². The zero-order chi connectivity index (χ0) is 15.0. The molecular weight excluding hydrogens is 439 g/mol. The fraction of sp³-hybridized carbons (Fsp3) is 0.462. The van der Waals surface area contributed by atoms with Crippen molar-refractivity contribution in [3.8, 4) is 0 Å². The van der Waals surface area contributed by atoms with Crippen LogP contribution in [-0.2, 0) is 0 Å². The summed E-state index contributed by atoms with van der Waals surface area (Å²) >= 11 is 5.52. The first kappa shape index (κ1) is 17.4. The van der Waals surface area contributed by atoms with E-state index in [2.05, 4.69) is 43.8 Å². The predicted molar refractivity (Wildman–Crippen MR) is 90.5 cm³/mol. The third kappa shape index (κ3) is 6.17. The van der Waals surface area contributed by atoms with Crippen LogP contribution in [0.2, 0.25) is 0 Å². The minimum absolute atomic E-state index is 0.0911. The molecule has 0 spiro atoms. The molecule has 1 aromatic carbocycles. The molecule has 0 aliphatic rings. The van der Waals surface area contributed by atoms with Gasteiger partial charge in [-0.1, -0.05) is 51.4 Å². The molecule has 7 heteroatoms. The minimum Gasteiger partial charge on any atom is -0.352 e. The zero-order valence-electron chi connectivity index (χ0n) is 10.9. The fourth-order valence-electron chi connectivity index (χ4n) is 1.69. The van der Waals surface area contributed by atoms with Crippen LogP contribution in [0.3, 0.4) is 0 Å². The summed E-state index contributed by atoms with van der Waals surface area (Å²) in [6.45, 7) is 0.598. The van der Waals surface area contributed by atoms with E-state index in [1.165, 1.54) is 25.0 Å². The number of benzene rings is 1. The number of nitro groups is 1. The number of amides is 1. The standard InChI is InChI=1S/C13H16BrIN2O3/c14-11-7-10(8-12(9-11)17(19)20)13(18)16-6-4-2-1-3-5-15/h7-9H,1-6H2,(H,16,18). The molecule has 0 radical (unpaired) electrons. The lowest BCUT2D eigenvalue weighted by Gasteiger charge is -2.05. The van der Waals surface area contributed by atoms with E-state index in [0.29, 0.717) is 16.6 Å². The lowest BCUT2D eigenvalue weighted by atomic mass is 10.1. The van der Waals surface area contributed by atoms with Gasteiger partial charge in [-0.25, -0.2) is 0 Å². The van der Waals surface area contributed by atoms with Crippen LogP contribution in [0.1, 0.15) is 36.0 Å². The van der Waals surface area contributed by atoms with Gasteiger partial charge in [-0.05, 0) is 23.3 Å². The van der Waals surface area contributed by atoms with Crippen molar-refractivity contribution >= 4 is 50.1 Å². The molecule has 0 saturated carbocycles. The normalized spacial score (nSPS) is 10.3. The summed E-state index contributed by atoms with van der Waals surface area (Å²) in [5.74, 6) is -0.275.